The predicted octanol–water partition coefficient (Wildman–Crippen LogP) is 3.21. The first kappa shape index (κ1) is 17.3. The number of ether oxygens (including phenoxy) is 2. The third-order valence-corrected chi connectivity index (χ3v) is 4.33. The Hall–Kier alpha value is -2.57. The number of amides is 2. The molecule has 134 valence electrons. The van der Waals surface area contributed by atoms with E-state index >= 15 is 0 Å². The van der Waals surface area contributed by atoms with E-state index in [9.17, 15) is 9.59 Å². The molecule has 2 heterocycles. The SMILES string of the molecule is CC1CC(c2ccncc2N)=CC2C1OC(=O)N2C(=O)OC(C)(C)C. The molecule has 2 aliphatic rings. The molecule has 2 N–H and O–H groups in total. The zero-order chi connectivity index (χ0) is 18.4. The molecule has 25 heavy (non-hydrogen) atoms. The van der Waals surface area contributed by atoms with Crippen molar-refractivity contribution in [1.29, 1.82) is 0 Å². The smallest absolute Gasteiger partial charge is 0.420 e. The molecule has 2 amide bonds. The van der Waals surface area contributed by atoms with Crippen LogP contribution >= 0.6 is 0 Å². The molecule has 1 aromatic rings. The highest BCUT2D eigenvalue weighted by atomic mass is 16.6. The number of hydrogen-bond acceptors (Lipinski definition) is 6. The minimum absolute atomic E-state index is 0.0500. The normalized spacial score (nSPS) is 25.9. The first-order valence-electron chi connectivity index (χ1n) is 8.31. The van der Waals surface area contributed by atoms with Crippen LogP contribution < -0.4 is 5.73 Å². The molecule has 1 saturated heterocycles. The van der Waals surface area contributed by atoms with Crippen LogP contribution in [0.25, 0.3) is 5.57 Å². The van der Waals surface area contributed by atoms with E-state index in [1.54, 1.807) is 33.2 Å². The summed E-state index contributed by atoms with van der Waals surface area (Å²) in [7, 11) is 0. The van der Waals surface area contributed by atoms with Crippen LogP contribution in [-0.2, 0) is 9.47 Å². The fraction of sp³-hybridized carbons (Fsp3) is 0.500. The van der Waals surface area contributed by atoms with Gasteiger partial charge in [0.15, 0.2) is 0 Å². The number of nitrogens with two attached hydrogens (primary N) is 1. The van der Waals surface area contributed by atoms with E-state index < -0.39 is 23.8 Å². The number of hydrogen-bond donors (Lipinski definition) is 1. The number of aromatic nitrogens is 1. The van der Waals surface area contributed by atoms with Crippen molar-refractivity contribution < 1.29 is 19.1 Å². The Balaban J connectivity index is 1.96. The highest BCUT2D eigenvalue weighted by Gasteiger charge is 2.50. The van der Waals surface area contributed by atoms with Gasteiger partial charge in [-0.3, -0.25) is 4.98 Å². The summed E-state index contributed by atoms with van der Waals surface area (Å²) in [6.07, 6.45) is 4.09. The Bertz CT molecular complexity index is 738. The van der Waals surface area contributed by atoms with E-state index in [0.717, 1.165) is 16.0 Å². The number of imide groups is 1. The Labute approximate surface area is 146 Å². The zero-order valence-electron chi connectivity index (χ0n) is 14.9. The van der Waals surface area contributed by atoms with Crippen molar-refractivity contribution in [1.82, 2.24) is 9.88 Å². The van der Waals surface area contributed by atoms with E-state index in [1.807, 2.05) is 19.1 Å². The highest BCUT2D eigenvalue weighted by molar-refractivity contribution is 5.91. The average molecular weight is 345 g/mol. The number of fused-ring (bicyclic) bond motifs is 1. The summed E-state index contributed by atoms with van der Waals surface area (Å²) >= 11 is 0. The van der Waals surface area contributed by atoms with Crippen molar-refractivity contribution in [3.8, 4) is 0 Å². The summed E-state index contributed by atoms with van der Waals surface area (Å²) in [5.74, 6) is 0.0500. The summed E-state index contributed by atoms with van der Waals surface area (Å²) in [5, 5.41) is 0. The molecule has 1 aliphatic carbocycles. The summed E-state index contributed by atoms with van der Waals surface area (Å²) in [4.78, 5) is 29.8. The molecule has 7 nitrogen and oxygen atoms in total. The molecule has 0 radical (unpaired) electrons. The molecule has 0 saturated carbocycles. The molecule has 0 spiro atoms. The molecule has 1 fully saturated rings. The summed E-state index contributed by atoms with van der Waals surface area (Å²) < 4.78 is 10.8. The van der Waals surface area contributed by atoms with Crippen molar-refractivity contribution in [3.63, 3.8) is 0 Å². The minimum Gasteiger partial charge on any atom is -0.443 e. The number of carbonyl (C=O) groups excluding carboxylic acids is 2. The zero-order valence-corrected chi connectivity index (χ0v) is 14.9. The Kier molecular flexibility index (Phi) is 4.18. The predicted molar refractivity (Wildman–Crippen MR) is 92.5 cm³/mol. The van der Waals surface area contributed by atoms with E-state index in [1.165, 1.54) is 0 Å². The Morgan fingerprint density at radius 3 is 2.80 bits per heavy atom. The lowest BCUT2D eigenvalue weighted by molar-refractivity contribution is 0.0307. The molecular weight excluding hydrogens is 322 g/mol. The third kappa shape index (κ3) is 3.31. The summed E-state index contributed by atoms with van der Waals surface area (Å²) in [6, 6.07) is 1.33. The lowest BCUT2D eigenvalue weighted by atomic mass is 9.82. The molecule has 1 aliphatic heterocycles. The van der Waals surface area contributed by atoms with Crippen LogP contribution in [-0.4, -0.2) is 39.8 Å². The molecular formula is C18H23N3O4. The number of anilines is 1. The van der Waals surface area contributed by atoms with Gasteiger partial charge < -0.3 is 15.2 Å². The largest absolute Gasteiger partial charge is 0.443 e. The molecule has 3 atom stereocenters. The van der Waals surface area contributed by atoms with Crippen molar-refractivity contribution in [3.05, 3.63) is 30.1 Å². The van der Waals surface area contributed by atoms with E-state index in [4.69, 9.17) is 15.2 Å². The standard InChI is InChI=1S/C18H23N3O4/c1-10-7-11(12-5-6-20-9-13(12)19)8-14-15(10)24-16(22)21(14)17(23)25-18(2,3)4/h5-6,8-10,14-15H,7,19H2,1-4H3. The summed E-state index contributed by atoms with van der Waals surface area (Å²) in [6.45, 7) is 7.26. The fourth-order valence-corrected chi connectivity index (χ4v) is 3.28. The topological polar surface area (TPSA) is 94.8 Å². The van der Waals surface area contributed by atoms with Crippen molar-refractivity contribution in [2.75, 3.05) is 5.73 Å². The number of nitrogens with zero attached hydrogens (tertiary/aromatic N) is 2. The molecule has 3 rings (SSSR count). The number of nitrogen functional groups attached to an aromatic ring is 1. The van der Waals surface area contributed by atoms with Crippen molar-refractivity contribution in [2.24, 2.45) is 5.92 Å². The number of pyridine rings is 1. The lowest BCUT2D eigenvalue weighted by Crippen LogP contribution is -2.45. The Morgan fingerprint density at radius 2 is 2.16 bits per heavy atom. The van der Waals surface area contributed by atoms with Crippen molar-refractivity contribution in [2.45, 2.75) is 51.9 Å². The van der Waals surface area contributed by atoms with Crippen LogP contribution in [0.4, 0.5) is 15.3 Å². The molecule has 1 aromatic heterocycles. The van der Waals surface area contributed by atoms with Crippen LogP contribution in [0.15, 0.2) is 24.5 Å². The summed E-state index contributed by atoms with van der Waals surface area (Å²) in [5.41, 5.74) is 7.74. The van der Waals surface area contributed by atoms with Crippen LogP contribution in [0.3, 0.4) is 0 Å². The maximum Gasteiger partial charge on any atom is 0.420 e. The van der Waals surface area contributed by atoms with E-state index in [-0.39, 0.29) is 12.0 Å². The monoisotopic (exact) mass is 345 g/mol. The van der Waals surface area contributed by atoms with Gasteiger partial charge in [-0.1, -0.05) is 13.0 Å². The lowest BCUT2D eigenvalue weighted by Gasteiger charge is -2.31. The minimum atomic E-state index is -0.697. The second kappa shape index (κ2) is 6.06. The quantitative estimate of drug-likeness (QED) is 0.840. The van der Waals surface area contributed by atoms with Crippen molar-refractivity contribution >= 4 is 23.4 Å². The molecule has 7 heteroatoms. The van der Waals surface area contributed by atoms with Gasteiger partial charge in [0.2, 0.25) is 0 Å². The fourth-order valence-electron chi connectivity index (χ4n) is 3.28. The maximum atomic E-state index is 12.5. The maximum absolute atomic E-state index is 12.5. The van der Waals surface area contributed by atoms with Gasteiger partial charge in [0, 0.05) is 11.8 Å². The first-order valence-corrected chi connectivity index (χ1v) is 8.31. The van der Waals surface area contributed by atoms with Gasteiger partial charge >= 0.3 is 12.2 Å². The van der Waals surface area contributed by atoms with Gasteiger partial charge in [-0.2, -0.15) is 0 Å². The van der Waals surface area contributed by atoms with Crippen LogP contribution in [0.1, 0.15) is 39.7 Å². The van der Waals surface area contributed by atoms with Crippen LogP contribution in [0, 0.1) is 5.92 Å². The van der Waals surface area contributed by atoms with Gasteiger partial charge in [0.1, 0.15) is 17.7 Å². The third-order valence-electron chi connectivity index (χ3n) is 4.33. The van der Waals surface area contributed by atoms with Gasteiger partial charge in [0.05, 0.1) is 11.9 Å². The van der Waals surface area contributed by atoms with Gasteiger partial charge in [0.25, 0.3) is 0 Å². The van der Waals surface area contributed by atoms with Crippen LogP contribution in [0.2, 0.25) is 0 Å². The number of rotatable bonds is 1. The van der Waals surface area contributed by atoms with E-state index in [2.05, 4.69) is 4.98 Å². The number of allylic oxidation sites excluding steroid dienone is 1. The van der Waals surface area contributed by atoms with Gasteiger partial charge in [-0.25, -0.2) is 14.5 Å². The average Bonchev–Trinajstić information content (AvgIpc) is 2.82. The van der Waals surface area contributed by atoms with Gasteiger partial charge in [-0.05, 0) is 44.7 Å². The molecule has 3 unspecified atom stereocenters. The Morgan fingerprint density at radius 1 is 1.44 bits per heavy atom. The second-order valence-corrected chi connectivity index (χ2v) is 7.53. The van der Waals surface area contributed by atoms with Gasteiger partial charge in [-0.15, -0.1) is 0 Å². The molecule has 0 aromatic carbocycles. The highest BCUT2D eigenvalue weighted by Crippen LogP contribution is 2.40. The first-order chi connectivity index (χ1) is 11.7. The van der Waals surface area contributed by atoms with E-state index in [0.29, 0.717) is 12.1 Å². The second-order valence-electron chi connectivity index (χ2n) is 7.53. The number of carbonyl (C=O) groups is 2. The molecule has 0 bridgehead atoms. The van der Waals surface area contributed by atoms with Crippen LogP contribution in [0.5, 0.6) is 0 Å².